The van der Waals surface area contributed by atoms with Crippen LogP contribution in [0.5, 0.6) is 0 Å². The van der Waals surface area contributed by atoms with Gasteiger partial charge in [0, 0.05) is 24.9 Å². The van der Waals surface area contributed by atoms with Crippen molar-refractivity contribution in [3.8, 4) is 0 Å². The first-order chi connectivity index (χ1) is 13.9. The zero-order chi connectivity index (χ0) is 22.6. The molecule has 30 heavy (non-hydrogen) atoms. The molecular formula is C17H17F5N4O2S2. The lowest BCUT2D eigenvalue weighted by atomic mass is 9.89. The van der Waals surface area contributed by atoms with Crippen LogP contribution < -0.4 is 10.6 Å². The van der Waals surface area contributed by atoms with Gasteiger partial charge >= 0.3 is 0 Å². The quantitative estimate of drug-likeness (QED) is 0.237. The molecule has 13 heteroatoms. The molecule has 1 aromatic heterocycles. The number of amides is 2. The number of carbonyl (C=O) groups excluding carboxylic acids is 2. The number of nitrogens with one attached hydrogen (secondary N) is 3. The third-order valence-electron chi connectivity index (χ3n) is 3.99. The number of anilines is 1. The molecule has 2 rings (SSSR count). The Kier molecular flexibility index (Phi) is 7.64. The summed E-state index contributed by atoms with van der Waals surface area (Å²) in [6.07, 6.45) is -1.17. The fourth-order valence-electron chi connectivity index (χ4n) is 2.48. The fourth-order valence-corrected chi connectivity index (χ4v) is 3.28. The first-order valence-corrected chi connectivity index (χ1v) is 9.76. The molecule has 1 aromatic carbocycles. The van der Waals surface area contributed by atoms with Gasteiger partial charge in [-0.25, -0.2) is 22.0 Å². The number of nitrogens with zero attached hydrogens (tertiary/aromatic N) is 1. The van der Waals surface area contributed by atoms with Crippen molar-refractivity contribution in [2.24, 2.45) is 5.41 Å². The van der Waals surface area contributed by atoms with Crippen molar-refractivity contribution in [3.05, 3.63) is 38.6 Å². The third kappa shape index (κ3) is 6.05. The Bertz CT molecular complexity index is 993. The van der Waals surface area contributed by atoms with Crippen LogP contribution in [0.15, 0.2) is 0 Å². The lowest BCUT2D eigenvalue weighted by Crippen LogP contribution is -2.36. The predicted molar refractivity (Wildman–Crippen MR) is 102 cm³/mol. The highest BCUT2D eigenvalue weighted by atomic mass is 32.1. The Morgan fingerprint density at radius 3 is 2.13 bits per heavy atom. The lowest BCUT2D eigenvalue weighted by Gasteiger charge is -2.24. The van der Waals surface area contributed by atoms with Gasteiger partial charge in [-0.15, -0.1) is 5.10 Å². The van der Waals surface area contributed by atoms with E-state index in [1.807, 2.05) is 0 Å². The number of H-pyrrole nitrogens is 1. The first-order valence-electron chi connectivity index (χ1n) is 8.53. The van der Waals surface area contributed by atoms with Crippen LogP contribution in [0, 0.1) is 38.5 Å². The summed E-state index contributed by atoms with van der Waals surface area (Å²) in [7, 11) is 0. The van der Waals surface area contributed by atoms with Gasteiger partial charge in [-0.05, 0) is 24.1 Å². The molecule has 164 valence electrons. The number of benzene rings is 1. The lowest BCUT2D eigenvalue weighted by molar-refractivity contribution is -0.122. The molecule has 2 amide bonds. The van der Waals surface area contributed by atoms with Crippen molar-refractivity contribution in [1.29, 1.82) is 0 Å². The van der Waals surface area contributed by atoms with Crippen LogP contribution in [0.25, 0.3) is 0 Å². The molecule has 0 saturated carbocycles. The second-order valence-corrected chi connectivity index (χ2v) is 8.80. The van der Waals surface area contributed by atoms with Crippen LogP contribution in [0.2, 0.25) is 0 Å². The molecule has 0 aliphatic carbocycles. The van der Waals surface area contributed by atoms with Gasteiger partial charge in [-0.1, -0.05) is 25.2 Å². The molecule has 0 unspecified atom stereocenters. The zero-order valence-corrected chi connectivity index (χ0v) is 17.4. The van der Waals surface area contributed by atoms with E-state index in [9.17, 15) is 31.5 Å². The largest absolute Gasteiger partial charge is 0.356 e. The van der Waals surface area contributed by atoms with Crippen molar-refractivity contribution in [2.75, 3.05) is 11.9 Å². The molecule has 0 saturated heterocycles. The Morgan fingerprint density at radius 2 is 1.60 bits per heavy atom. The summed E-state index contributed by atoms with van der Waals surface area (Å²) in [5.41, 5.74) is -1.75. The van der Waals surface area contributed by atoms with Gasteiger partial charge in [-0.3, -0.25) is 14.7 Å². The van der Waals surface area contributed by atoms with Crippen molar-refractivity contribution in [2.45, 2.75) is 33.1 Å². The van der Waals surface area contributed by atoms with Crippen LogP contribution in [-0.2, 0) is 16.0 Å². The maximum Gasteiger partial charge on any atom is 0.226 e. The van der Waals surface area contributed by atoms with Crippen LogP contribution in [0.1, 0.15) is 32.3 Å². The maximum atomic E-state index is 13.6. The number of hydrogen-bond donors (Lipinski definition) is 3. The first kappa shape index (κ1) is 23.9. The second-order valence-electron chi connectivity index (χ2n) is 7.13. The van der Waals surface area contributed by atoms with Crippen molar-refractivity contribution >= 4 is 40.5 Å². The minimum Gasteiger partial charge on any atom is -0.356 e. The Labute approximate surface area is 176 Å². The van der Waals surface area contributed by atoms with Gasteiger partial charge in [0.05, 0.1) is 0 Å². The van der Waals surface area contributed by atoms with Crippen LogP contribution in [0.4, 0.5) is 27.1 Å². The van der Waals surface area contributed by atoms with E-state index in [0.717, 1.165) is 11.3 Å². The number of halogens is 5. The maximum absolute atomic E-state index is 13.6. The van der Waals surface area contributed by atoms with E-state index >= 15 is 0 Å². The summed E-state index contributed by atoms with van der Waals surface area (Å²) in [6, 6.07) is 0. The van der Waals surface area contributed by atoms with Crippen LogP contribution in [0.3, 0.4) is 0 Å². The van der Waals surface area contributed by atoms with Gasteiger partial charge in [0.1, 0.15) is 0 Å². The molecule has 0 aliphatic heterocycles. The van der Waals surface area contributed by atoms with E-state index in [4.69, 9.17) is 12.2 Å². The van der Waals surface area contributed by atoms with Gasteiger partial charge in [0.2, 0.25) is 22.8 Å². The summed E-state index contributed by atoms with van der Waals surface area (Å²) in [4.78, 5) is 24.0. The van der Waals surface area contributed by atoms with E-state index in [-0.39, 0.29) is 18.9 Å². The Morgan fingerprint density at radius 1 is 1.03 bits per heavy atom. The van der Waals surface area contributed by atoms with Crippen LogP contribution in [-0.4, -0.2) is 28.6 Å². The molecule has 0 radical (unpaired) electrons. The molecule has 2 aromatic rings. The average molecular weight is 468 g/mol. The molecule has 0 spiro atoms. The summed E-state index contributed by atoms with van der Waals surface area (Å²) >= 11 is 5.94. The van der Waals surface area contributed by atoms with Gasteiger partial charge < -0.3 is 10.6 Å². The smallest absolute Gasteiger partial charge is 0.226 e. The highest BCUT2D eigenvalue weighted by Crippen LogP contribution is 2.24. The predicted octanol–water partition coefficient (Wildman–Crippen LogP) is 4.00. The van der Waals surface area contributed by atoms with E-state index in [1.54, 1.807) is 13.8 Å². The molecule has 3 N–H and O–H groups in total. The highest BCUT2D eigenvalue weighted by molar-refractivity contribution is 7.73. The number of rotatable bonds is 8. The average Bonchev–Trinajstić information content (AvgIpc) is 3.07. The van der Waals surface area contributed by atoms with E-state index in [0.29, 0.717) is 9.09 Å². The topological polar surface area (TPSA) is 86.9 Å². The molecule has 0 aliphatic rings. The van der Waals surface area contributed by atoms with E-state index < -0.39 is 58.8 Å². The Balaban J connectivity index is 1.88. The molecule has 0 atom stereocenters. The Hall–Kier alpha value is -2.41. The summed E-state index contributed by atoms with van der Waals surface area (Å²) in [5.74, 6) is -11.3. The normalized spacial score (nSPS) is 11.4. The standard InChI is InChI=1S/C17H17F5N4O2S2/c1-17(2,5-9(28)24-15-25-26-16(29)30-15)6-23-8(27)4-3-7-10(18)12(20)14(22)13(21)11(7)19/h3-6H2,1-2H3,(H,23,27)(H,26,29)(H,24,25,28). The fraction of sp³-hybridized carbons (Fsp3) is 0.412. The number of hydrogen-bond acceptors (Lipinski definition) is 5. The second kappa shape index (κ2) is 9.60. The number of carbonyl (C=O) groups is 2. The van der Waals surface area contributed by atoms with E-state index in [2.05, 4.69) is 20.8 Å². The molecule has 0 fully saturated rings. The van der Waals surface area contributed by atoms with Gasteiger partial charge in [0.25, 0.3) is 0 Å². The minimum atomic E-state index is -2.25. The van der Waals surface area contributed by atoms with Gasteiger partial charge in [0.15, 0.2) is 27.2 Å². The molecule has 6 nitrogen and oxygen atoms in total. The molecular weight excluding hydrogens is 451 g/mol. The zero-order valence-electron chi connectivity index (χ0n) is 15.8. The molecule has 1 heterocycles. The SMILES string of the molecule is CC(C)(CNC(=O)CCc1c(F)c(F)c(F)c(F)c1F)CC(=O)Nc1n[nH]c(=S)s1. The number of aromatic amines is 1. The van der Waals surface area contributed by atoms with Gasteiger partial charge in [-0.2, -0.15) is 0 Å². The van der Waals surface area contributed by atoms with E-state index in [1.165, 1.54) is 0 Å². The molecule has 0 bridgehead atoms. The summed E-state index contributed by atoms with van der Waals surface area (Å²) in [6.45, 7) is 3.43. The summed E-state index contributed by atoms with van der Waals surface area (Å²) < 4.78 is 67.1. The van der Waals surface area contributed by atoms with Crippen molar-refractivity contribution in [1.82, 2.24) is 15.5 Å². The van der Waals surface area contributed by atoms with Crippen molar-refractivity contribution < 1.29 is 31.5 Å². The summed E-state index contributed by atoms with van der Waals surface area (Å²) in [5, 5.41) is 11.6. The highest BCUT2D eigenvalue weighted by Gasteiger charge is 2.27. The third-order valence-corrected chi connectivity index (χ3v) is 5.00. The van der Waals surface area contributed by atoms with Crippen LogP contribution >= 0.6 is 23.6 Å². The number of aromatic nitrogens is 2. The minimum absolute atomic E-state index is 0.0112. The monoisotopic (exact) mass is 468 g/mol. The van der Waals surface area contributed by atoms with Crippen molar-refractivity contribution in [3.63, 3.8) is 0 Å².